The third kappa shape index (κ3) is 6.24. The summed E-state index contributed by atoms with van der Waals surface area (Å²) in [4.78, 5) is 18.2. The van der Waals surface area contributed by atoms with Crippen molar-refractivity contribution in [3.63, 3.8) is 0 Å². The van der Waals surface area contributed by atoms with Crippen LogP contribution in [0.5, 0.6) is 0 Å². The van der Waals surface area contributed by atoms with Gasteiger partial charge in [-0.25, -0.2) is 12.7 Å². The maximum Gasteiger partial charge on any atom is 0.310 e. The lowest BCUT2D eigenvalue weighted by molar-refractivity contribution is -0.149. The Labute approximate surface area is 167 Å². The number of ether oxygens (including phenoxy) is 1. The van der Waals surface area contributed by atoms with E-state index in [1.165, 1.54) is 4.31 Å². The van der Waals surface area contributed by atoms with Gasteiger partial charge < -0.3 is 15.0 Å². The van der Waals surface area contributed by atoms with Crippen LogP contribution >= 0.6 is 24.0 Å². The van der Waals surface area contributed by atoms with Gasteiger partial charge in [0, 0.05) is 39.8 Å². The average molecular weight is 488 g/mol. The number of aliphatic imine (C=N–C) groups is 1. The van der Waals surface area contributed by atoms with Gasteiger partial charge in [-0.3, -0.25) is 9.79 Å². The third-order valence-electron chi connectivity index (χ3n) is 4.40. The van der Waals surface area contributed by atoms with Crippen molar-refractivity contribution in [3.05, 3.63) is 0 Å². The van der Waals surface area contributed by atoms with Gasteiger partial charge in [-0.15, -0.1) is 24.0 Å². The Morgan fingerprint density at radius 1 is 1.32 bits per heavy atom. The minimum Gasteiger partial charge on any atom is -0.466 e. The van der Waals surface area contributed by atoms with E-state index >= 15 is 0 Å². The number of carbonyl (C=O) groups excluding carboxylic acids is 1. The number of sulfonamides is 1. The van der Waals surface area contributed by atoms with Gasteiger partial charge in [-0.2, -0.15) is 0 Å². The summed E-state index contributed by atoms with van der Waals surface area (Å²) in [7, 11) is -1.37. The maximum atomic E-state index is 11.9. The first kappa shape index (κ1) is 22.4. The number of guanidine groups is 1. The van der Waals surface area contributed by atoms with Crippen molar-refractivity contribution in [1.29, 1.82) is 0 Å². The van der Waals surface area contributed by atoms with Gasteiger partial charge in [-0.1, -0.05) is 0 Å². The van der Waals surface area contributed by atoms with Crippen molar-refractivity contribution in [2.45, 2.75) is 26.2 Å². The van der Waals surface area contributed by atoms with E-state index in [1.54, 1.807) is 7.05 Å². The number of carbonyl (C=O) groups is 1. The van der Waals surface area contributed by atoms with Gasteiger partial charge in [0.1, 0.15) is 0 Å². The summed E-state index contributed by atoms with van der Waals surface area (Å²) in [6.45, 7) is 5.16. The number of piperidine rings is 1. The Kier molecular flexibility index (Phi) is 9.43. The number of nitrogens with zero attached hydrogens (tertiary/aromatic N) is 3. The second-order valence-corrected chi connectivity index (χ2v) is 8.17. The standard InChI is InChI=1S/C15H28N4O4S.HI/c1-3-23-14(20)13-6-4-8-18(12-13)15(16-2)17-7-10-19-9-5-11-24(19,21)22;/h13H,3-12H2,1-2H3,(H,16,17);1H. The number of esters is 1. The lowest BCUT2D eigenvalue weighted by Gasteiger charge is -2.34. The highest BCUT2D eigenvalue weighted by molar-refractivity contribution is 14.0. The molecule has 0 aromatic heterocycles. The summed E-state index contributed by atoms with van der Waals surface area (Å²) in [5.74, 6) is 0.673. The normalized spacial score (nSPS) is 23.8. The molecule has 0 saturated carbocycles. The van der Waals surface area contributed by atoms with Gasteiger partial charge in [0.25, 0.3) is 0 Å². The molecule has 2 fully saturated rings. The highest BCUT2D eigenvalue weighted by Gasteiger charge is 2.29. The second-order valence-electron chi connectivity index (χ2n) is 6.08. The van der Waals surface area contributed by atoms with Gasteiger partial charge >= 0.3 is 5.97 Å². The molecule has 2 saturated heterocycles. The Bertz CT molecular complexity index is 570. The van der Waals surface area contributed by atoms with Crippen LogP contribution < -0.4 is 5.32 Å². The number of nitrogens with one attached hydrogen (secondary N) is 1. The van der Waals surface area contributed by atoms with E-state index in [-0.39, 0.29) is 41.6 Å². The van der Waals surface area contributed by atoms with Gasteiger partial charge in [0.05, 0.1) is 18.3 Å². The Morgan fingerprint density at radius 3 is 2.68 bits per heavy atom. The molecule has 8 nitrogen and oxygen atoms in total. The van der Waals surface area contributed by atoms with Crippen LogP contribution in [0.25, 0.3) is 0 Å². The molecule has 1 atom stereocenters. The molecule has 0 aromatic rings. The van der Waals surface area contributed by atoms with Crippen LogP contribution in [0.15, 0.2) is 4.99 Å². The first-order valence-electron chi connectivity index (χ1n) is 8.58. The predicted molar refractivity (Wildman–Crippen MR) is 108 cm³/mol. The molecule has 2 aliphatic rings. The molecule has 0 radical (unpaired) electrons. The van der Waals surface area contributed by atoms with Crippen LogP contribution in [0, 0.1) is 5.92 Å². The summed E-state index contributed by atoms with van der Waals surface area (Å²) in [5.41, 5.74) is 0. The SMILES string of the molecule is CCOC(=O)C1CCCN(C(=NC)NCCN2CCCS2(=O)=O)C1.I. The number of rotatable bonds is 5. The van der Waals surface area contributed by atoms with Crippen molar-refractivity contribution in [3.8, 4) is 0 Å². The van der Waals surface area contributed by atoms with Crippen molar-refractivity contribution < 1.29 is 17.9 Å². The van der Waals surface area contributed by atoms with Crippen molar-refractivity contribution in [2.75, 3.05) is 52.1 Å². The van der Waals surface area contributed by atoms with Crippen LogP contribution in [0.3, 0.4) is 0 Å². The molecule has 0 bridgehead atoms. The minimum absolute atomic E-state index is 0. The zero-order valence-corrected chi connectivity index (χ0v) is 18.1. The van der Waals surface area contributed by atoms with E-state index in [9.17, 15) is 13.2 Å². The quantitative estimate of drug-likeness (QED) is 0.262. The topological polar surface area (TPSA) is 91.3 Å². The lowest BCUT2D eigenvalue weighted by atomic mass is 9.98. The molecule has 2 heterocycles. The van der Waals surface area contributed by atoms with E-state index in [0.29, 0.717) is 45.2 Å². The van der Waals surface area contributed by atoms with Crippen LogP contribution in [-0.2, 0) is 19.6 Å². The summed E-state index contributed by atoms with van der Waals surface area (Å²) in [5, 5.41) is 3.21. The van der Waals surface area contributed by atoms with Crippen LogP contribution in [0.4, 0.5) is 0 Å². The van der Waals surface area contributed by atoms with Gasteiger partial charge in [0.15, 0.2) is 5.96 Å². The molecule has 25 heavy (non-hydrogen) atoms. The van der Waals surface area contributed by atoms with E-state index in [1.807, 2.05) is 11.8 Å². The molecule has 0 amide bonds. The van der Waals surface area contributed by atoms with Crippen LogP contribution in [0.1, 0.15) is 26.2 Å². The van der Waals surface area contributed by atoms with Gasteiger partial charge in [0.2, 0.25) is 10.0 Å². The molecule has 0 aromatic carbocycles. The fraction of sp³-hybridized carbons (Fsp3) is 0.867. The van der Waals surface area contributed by atoms with Gasteiger partial charge in [-0.05, 0) is 26.2 Å². The molecule has 10 heteroatoms. The molecule has 0 aliphatic carbocycles. The lowest BCUT2D eigenvalue weighted by Crippen LogP contribution is -2.49. The highest BCUT2D eigenvalue weighted by Crippen LogP contribution is 2.18. The Morgan fingerprint density at radius 2 is 2.08 bits per heavy atom. The average Bonchev–Trinajstić information content (AvgIpc) is 2.90. The van der Waals surface area contributed by atoms with E-state index in [2.05, 4.69) is 10.3 Å². The first-order valence-corrected chi connectivity index (χ1v) is 10.2. The fourth-order valence-corrected chi connectivity index (χ4v) is 4.72. The van der Waals surface area contributed by atoms with E-state index < -0.39 is 10.0 Å². The van der Waals surface area contributed by atoms with E-state index in [0.717, 1.165) is 19.4 Å². The monoisotopic (exact) mass is 488 g/mol. The third-order valence-corrected chi connectivity index (χ3v) is 6.36. The zero-order chi connectivity index (χ0) is 17.6. The van der Waals surface area contributed by atoms with Crippen molar-refractivity contribution >= 4 is 45.9 Å². The molecule has 2 aliphatic heterocycles. The largest absolute Gasteiger partial charge is 0.466 e. The summed E-state index contributed by atoms with van der Waals surface area (Å²) >= 11 is 0. The first-order chi connectivity index (χ1) is 11.5. The van der Waals surface area contributed by atoms with Crippen LogP contribution in [-0.4, -0.2) is 81.7 Å². The fourth-order valence-electron chi connectivity index (χ4n) is 3.19. The number of hydrogen-bond acceptors (Lipinski definition) is 5. The molecular weight excluding hydrogens is 459 g/mol. The smallest absolute Gasteiger partial charge is 0.310 e. The highest BCUT2D eigenvalue weighted by atomic mass is 127. The number of halogens is 1. The number of hydrogen-bond donors (Lipinski definition) is 1. The van der Waals surface area contributed by atoms with E-state index in [4.69, 9.17) is 4.74 Å². The summed E-state index contributed by atoms with van der Waals surface area (Å²) in [6.07, 6.45) is 2.44. The summed E-state index contributed by atoms with van der Waals surface area (Å²) in [6, 6.07) is 0. The maximum absolute atomic E-state index is 11.9. The predicted octanol–water partition coefficient (Wildman–Crippen LogP) is 0.490. The molecule has 1 unspecified atom stereocenters. The molecule has 146 valence electrons. The minimum atomic E-state index is -3.06. The molecule has 2 rings (SSSR count). The van der Waals surface area contributed by atoms with Crippen LogP contribution in [0.2, 0.25) is 0 Å². The summed E-state index contributed by atoms with van der Waals surface area (Å²) < 4.78 is 30.2. The molecule has 1 N–H and O–H groups in total. The van der Waals surface area contributed by atoms with Crippen molar-refractivity contribution in [1.82, 2.24) is 14.5 Å². The Balaban J connectivity index is 0.00000312. The zero-order valence-electron chi connectivity index (χ0n) is 14.9. The molecular formula is C15H29IN4O4S. The molecule has 0 spiro atoms. The Hall–Kier alpha value is -0.620. The number of likely N-dealkylation sites (tertiary alicyclic amines) is 1. The van der Waals surface area contributed by atoms with Crippen molar-refractivity contribution in [2.24, 2.45) is 10.9 Å². The second kappa shape index (κ2) is 10.5.